The van der Waals surface area contributed by atoms with E-state index in [0.717, 1.165) is 30.3 Å². The number of benzene rings is 1. The minimum Gasteiger partial charge on any atom is -0.485 e. The van der Waals surface area contributed by atoms with Crippen molar-refractivity contribution in [1.29, 1.82) is 0 Å². The standard InChI is InChI=1S/C16H19NO2/c1-11-8-16(10-17(11)12-6-7-12)9-14(18)13-4-2-3-5-15(13)19-16/h2-5,11-12H,6-10H2,1H3. The molecular formula is C16H19NO2. The van der Waals surface area contributed by atoms with Gasteiger partial charge in [0.2, 0.25) is 0 Å². The molecule has 0 N–H and O–H groups in total. The fourth-order valence-corrected chi connectivity index (χ4v) is 3.75. The third-order valence-electron chi connectivity index (χ3n) is 4.72. The lowest BCUT2D eigenvalue weighted by molar-refractivity contribution is 0.0454. The number of ether oxygens (including phenoxy) is 1. The van der Waals surface area contributed by atoms with E-state index in [-0.39, 0.29) is 11.4 Å². The summed E-state index contributed by atoms with van der Waals surface area (Å²) in [6.45, 7) is 3.18. The van der Waals surface area contributed by atoms with Crippen molar-refractivity contribution >= 4 is 5.78 Å². The first-order chi connectivity index (χ1) is 9.17. The van der Waals surface area contributed by atoms with Gasteiger partial charge in [-0.3, -0.25) is 9.69 Å². The molecule has 1 aromatic rings. The number of ketones is 1. The van der Waals surface area contributed by atoms with Gasteiger partial charge in [-0.1, -0.05) is 12.1 Å². The predicted molar refractivity (Wildman–Crippen MR) is 72.6 cm³/mol. The SMILES string of the molecule is CC1CC2(CC(=O)c3ccccc3O2)CN1C1CC1. The highest BCUT2D eigenvalue weighted by molar-refractivity contribution is 6.00. The molecule has 0 radical (unpaired) electrons. The van der Waals surface area contributed by atoms with Crippen LogP contribution in [0.25, 0.3) is 0 Å². The first kappa shape index (κ1) is 11.5. The van der Waals surface area contributed by atoms with Crippen LogP contribution < -0.4 is 4.74 Å². The van der Waals surface area contributed by atoms with Crippen LogP contribution in [-0.2, 0) is 0 Å². The lowest BCUT2D eigenvalue weighted by atomic mass is 9.88. The Labute approximate surface area is 113 Å². The second-order valence-electron chi connectivity index (χ2n) is 6.34. The van der Waals surface area contributed by atoms with Crippen LogP contribution in [0.1, 0.15) is 43.0 Å². The van der Waals surface area contributed by atoms with Crippen LogP contribution in [0, 0.1) is 0 Å². The average molecular weight is 257 g/mol. The van der Waals surface area contributed by atoms with E-state index in [9.17, 15) is 4.79 Å². The number of carbonyl (C=O) groups is 1. The maximum Gasteiger partial charge on any atom is 0.170 e. The highest BCUT2D eigenvalue weighted by atomic mass is 16.5. The third kappa shape index (κ3) is 1.79. The van der Waals surface area contributed by atoms with E-state index in [1.165, 1.54) is 12.8 Å². The van der Waals surface area contributed by atoms with Gasteiger partial charge < -0.3 is 4.74 Å². The van der Waals surface area contributed by atoms with Crippen molar-refractivity contribution in [3.05, 3.63) is 29.8 Å². The normalized spacial score (nSPS) is 34.4. The summed E-state index contributed by atoms with van der Waals surface area (Å²) in [4.78, 5) is 14.9. The molecule has 100 valence electrons. The summed E-state index contributed by atoms with van der Waals surface area (Å²) in [6.07, 6.45) is 4.14. The van der Waals surface area contributed by atoms with E-state index < -0.39 is 0 Å². The molecule has 19 heavy (non-hydrogen) atoms. The van der Waals surface area contributed by atoms with Crippen LogP contribution in [0.5, 0.6) is 5.75 Å². The van der Waals surface area contributed by atoms with Gasteiger partial charge in [-0.2, -0.15) is 0 Å². The predicted octanol–water partition coefficient (Wildman–Crippen LogP) is 2.65. The fraction of sp³-hybridized carbons (Fsp3) is 0.562. The molecule has 3 heteroatoms. The number of nitrogens with zero attached hydrogens (tertiary/aromatic N) is 1. The molecule has 3 nitrogen and oxygen atoms in total. The molecule has 2 unspecified atom stereocenters. The van der Waals surface area contributed by atoms with Gasteiger partial charge in [0.1, 0.15) is 11.4 Å². The third-order valence-corrected chi connectivity index (χ3v) is 4.72. The number of fused-ring (bicyclic) bond motifs is 1. The maximum atomic E-state index is 12.3. The average Bonchev–Trinajstić information content (AvgIpc) is 3.16. The largest absolute Gasteiger partial charge is 0.485 e. The van der Waals surface area contributed by atoms with Gasteiger partial charge >= 0.3 is 0 Å². The number of para-hydroxylation sites is 1. The van der Waals surface area contributed by atoms with Crippen molar-refractivity contribution in [2.45, 2.75) is 50.3 Å². The van der Waals surface area contributed by atoms with Crippen LogP contribution in [0.15, 0.2) is 24.3 Å². The minimum absolute atomic E-state index is 0.242. The van der Waals surface area contributed by atoms with Gasteiger partial charge in [-0.25, -0.2) is 0 Å². The molecular weight excluding hydrogens is 238 g/mol. The maximum absolute atomic E-state index is 12.3. The number of rotatable bonds is 1. The fourth-order valence-electron chi connectivity index (χ4n) is 3.75. The highest BCUT2D eigenvalue weighted by Crippen LogP contribution is 2.44. The zero-order valence-corrected chi connectivity index (χ0v) is 11.3. The number of carbonyl (C=O) groups excluding carboxylic acids is 1. The topological polar surface area (TPSA) is 29.5 Å². The van der Waals surface area contributed by atoms with Gasteiger partial charge in [-0.15, -0.1) is 0 Å². The molecule has 0 amide bonds. The lowest BCUT2D eigenvalue weighted by Crippen LogP contribution is -2.44. The lowest BCUT2D eigenvalue weighted by Gasteiger charge is -2.34. The first-order valence-electron chi connectivity index (χ1n) is 7.24. The van der Waals surface area contributed by atoms with Crippen molar-refractivity contribution in [1.82, 2.24) is 4.90 Å². The van der Waals surface area contributed by atoms with E-state index in [4.69, 9.17) is 4.74 Å². The molecule has 3 aliphatic rings. The molecule has 2 atom stereocenters. The molecule has 2 aliphatic heterocycles. The number of Topliss-reactive ketones (excluding diaryl/α,β-unsaturated/α-hetero) is 1. The summed E-state index contributed by atoms with van der Waals surface area (Å²) < 4.78 is 6.27. The van der Waals surface area contributed by atoms with E-state index in [2.05, 4.69) is 11.8 Å². The zero-order valence-electron chi connectivity index (χ0n) is 11.3. The van der Waals surface area contributed by atoms with Crippen molar-refractivity contribution in [2.75, 3.05) is 6.54 Å². The molecule has 2 heterocycles. The molecule has 1 spiro atoms. The quantitative estimate of drug-likeness (QED) is 0.774. The summed E-state index contributed by atoms with van der Waals surface area (Å²) in [5.41, 5.74) is 0.485. The molecule has 1 aromatic carbocycles. The zero-order chi connectivity index (χ0) is 13.0. The summed E-state index contributed by atoms with van der Waals surface area (Å²) >= 11 is 0. The Morgan fingerprint density at radius 2 is 2.11 bits per heavy atom. The second kappa shape index (κ2) is 3.83. The van der Waals surface area contributed by atoms with Crippen molar-refractivity contribution < 1.29 is 9.53 Å². The van der Waals surface area contributed by atoms with E-state index >= 15 is 0 Å². The van der Waals surface area contributed by atoms with Crippen LogP contribution in [0.2, 0.25) is 0 Å². The van der Waals surface area contributed by atoms with Crippen LogP contribution in [0.3, 0.4) is 0 Å². The first-order valence-corrected chi connectivity index (χ1v) is 7.24. The molecule has 1 saturated carbocycles. The Morgan fingerprint density at radius 1 is 1.32 bits per heavy atom. The Hall–Kier alpha value is -1.35. The van der Waals surface area contributed by atoms with E-state index in [1.54, 1.807) is 0 Å². The van der Waals surface area contributed by atoms with Gasteiger partial charge in [0.25, 0.3) is 0 Å². The van der Waals surface area contributed by atoms with Crippen LogP contribution in [0.4, 0.5) is 0 Å². The summed E-state index contributed by atoms with van der Waals surface area (Å²) in [7, 11) is 0. The summed E-state index contributed by atoms with van der Waals surface area (Å²) in [5, 5.41) is 0. The molecule has 0 aromatic heterocycles. The van der Waals surface area contributed by atoms with Gasteiger partial charge in [0, 0.05) is 25.0 Å². The molecule has 0 bridgehead atoms. The summed E-state index contributed by atoms with van der Waals surface area (Å²) in [6, 6.07) is 8.93. The number of hydrogen-bond acceptors (Lipinski definition) is 3. The number of hydrogen-bond donors (Lipinski definition) is 0. The second-order valence-corrected chi connectivity index (χ2v) is 6.34. The Balaban J connectivity index is 1.65. The van der Waals surface area contributed by atoms with Crippen molar-refractivity contribution in [3.8, 4) is 5.75 Å². The monoisotopic (exact) mass is 257 g/mol. The van der Waals surface area contributed by atoms with Crippen molar-refractivity contribution in [2.24, 2.45) is 0 Å². The van der Waals surface area contributed by atoms with Crippen molar-refractivity contribution in [3.63, 3.8) is 0 Å². The van der Waals surface area contributed by atoms with E-state index in [1.807, 2.05) is 24.3 Å². The highest BCUT2D eigenvalue weighted by Gasteiger charge is 2.51. The molecule has 1 aliphatic carbocycles. The van der Waals surface area contributed by atoms with Gasteiger partial charge in [-0.05, 0) is 31.9 Å². The van der Waals surface area contributed by atoms with Crippen LogP contribution >= 0.6 is 0 Å². The Bertz CT molecular complexity index is 537. The Morgan fingerprint density at radius 3 is 2.89 bits per heavy atom. The summed E-state index contributed by atoms with van der Waals surface area (Å²) in [5.74, 6) is 1.02. The molecule has 1 saturated heterocycles. The number of likely N-dealkylation sites (tertiary alicyclic amines) is 1. The Kier molecular flexibility index (Phi) is 2.31. The molecule has 4 rings (SSSR count). The van der Waals surface area contributed by atoms with E-state index in [0.29, 0.717) is 12.5 Å². The smallest absolute Gasteiger partial charge is 0.170 e. The van der Waals surface area contributed by atoms with Gasteiger partial charge in [0.15, 0.2) is 5.78 Å². The van der Waals surface area contributed by atoms with Gasteiger partial charge in [0.05, 0.1) is 12.0 Å². The minimum atomic E-state index is -0.270. The molecule has 2 fully saturated rings. The van der Waals surface area contributed by atoms with Crippen LogP contribution in [-0.4, -0.2) is 34.9 Å².